The molecule has 2 N–H and O–H groups in total. The molecule has 0 bridgehead atoms. The highest BCUT2D eigenvalue weighted by molar-refractivity contribution is 6.32. The summed E-state index contributed by atoms with van der Waals surface area (Å²) in [6, 6.07) is 3.99. The SMILES string of the molecule is Cc1[nH]c(/C=C2/C(=O)NN=C2c2nccnn2)c(C)c1CCN(C)c1ccncc1. The van der Waals surface area contributed by atoms with Gasteiger partial charge < -0.3 is 9.88 Å². The van der Waals surface area contributed by atoms with Crippen molar-refractivity contribution in [2.75, 3.05) is 18.5 Å². The quantitative estimate of drug-likeness (QED) is 0.608. The molecule has 9 nitrogen and oxygen atoms in total. The van der Waals surface area contributed by atoms with E-state index in [9.17, 15) is 4.79 Å². The van der Waals surface area contributed by atoms with Crippen LogP contribution < -0.4 is 10.3 Å². The maximum Gasteiger partial charge on any atom is 0.273 e. The zero-order valence-electron chi connectivity index (χ0n) is 17.0. The van der Waals surface area contributed by atoms with Crippen LogP contribution in [0.2, 0.25) is 0 Å². The highest BCUT2D eigenvalue weighted by atomic mass is 16.2. The van der Waals surface area contributed by atoms with E-state index in [-0.39, 0.29) is 5.91 Å². The monoisotopic (exact) mass is 402 g/mol. The van der Waals surface area contributed by atoms with E-state index in [0.29, 0.717) is 17.1 Å². The number of hydrazone groups is 1. The Morgan fingerprint density at radius 3 is 2.67 bits per heavy atom. The van der Waals surface area contributed by atoms with E-state index >= 15 is 0 Å². The van der Waals surface area contributed by atoms with E-state index < -0.39 is 0 Å². The predicted molar refractivity (Wildman–Crippen MR) is 114 cm³/mol. The number of H-pyrrole nitrogens is 1. The number of likely N-dealkylation sites (N-methyl/N-ethyl adjacent to an activating group) is 1. The molecule has 0 aliphatic carbocycles. The predicted octanol–water partition coefficient (Wildman–Crippen LogP) is 1.81. The van der Waals surface area contributed by atoms with Gasteiger partial charge in [0.05, 0.1) is 11.8 Å². The summed E-state index contributed by atoms with van der Waals surface area (Å²) in [6.07, 6.45) is 9.25. The summed E-state index contributed by atoms with van der Waals surface area (Å²) < 4.78 is 0. The van der Waals surface area contributed by atoms with E-state index in [4.69, 9.17) is 0 Å². The highest BCUT2D eigenvalue weighted by Gasteiger charge is 2.27. The smallest absolute Gasteiger partial charge is 0.273 e. The fourth-order valence-corrected chi connectivity index (χ4v) is 3.48. The van der Waals surface area contributed by atoms with Crippen molar-refractivity contribution >= 4 is 23.4 Å². The van der Waals surface area contributed by atoms with Crippen molar-refractivity contribution in [3.63, 3.8) is 0 Å². The number of anilines is 1. The summed E-state index contributed by atoms with van der Waals surface area (Å²) in [4.78, 5) is 26.2. The van der Waals surface area contributed by atoms with Gasteiger partial charge in [0.2, 0.25) is 5.82 Å². The molecule has 30 heavy (non-hydrogen) atoms. The fourth-order valence-electron chi connectivity index (χ4n) is 3.48. The second-order valence-electron chi connectivity index (χ2n) is 7.07. The lowest BCUT2D eigenvalue weighted by molar-refractivity contribution is -0.116. The van der Waals surface area contributed by atoms with E-state index in [1.54, 1.807) is 18.5 Å². The Kier molecular flexibility index (Phi) is 5.34. The van der Waals surface area contributed by atoms with Gasteiger partial charge in [-0.3, -0.25) is 9.78 Å². The third kappa shape index (κ3) is 3.82. The molecular weight excluding hydrogens is 380 g/mol. The Morgan fingerprint density at radius 2 is 1.93 bits per heavy atom. The number of aromatic amines is 1. The molecule has 0 saturated carbocycles. The van der Waals surface area contributed by atoms with Crippen molar-refractivity contribution in [3.05, 3.63) is 70.8 Å². The zero-order chi connectivity index (χ0) is 21.1. The summed E-state index contributed by atoms with van der Waals surface area (Å²) in [5.41, 5.74) is 8.70. The number of rotatable bonds is 6. The van der Waals surface area contributed by atoms with Crippen LogP contribution in [0.3, 0.4) is 0 Å². The minimum Gasteiger partial charge on any atom is -0.374 e. The molecule has 4 heterocycles. The van der Waals surface area contributed by atoms with Crippen LogP contribution in [0.5, 0.6) is 0 Å². The topological polar surface area (TPSA) is 112 Å². The summed E-state index contributed by atoms with van der Waals surface area (Å²) in [5, 5.41) is 11.9. The van der Waals surface area contributed by atoms with Crippen LogP contribution in [0.4, 0.5) is 5.69 Å². The molecule has 0 fully saturated rings. The lowest BCUT2D eigenvalue weighted by Gasteiger charge is -2.19. The first-order chi connectivity index (χ1) is 14.5. The molecule has 3 aromatic rings. The van der Waals surface area contributed by atoms with Crippen molar-refractivity contribution in [2.45, 2.75) is 20.3 Å². The van der Waals surface area contributed by atoms with Crippen molar-refractivity contribution in [3.8, 4) is 0 Å². The first kappa shape index (κ1) is 19.4. The molecule has 0 aromatic carbocycles. The van der Waals surface area contributed by atoms with Gasteiger partial charge >= 0.3 is 0 Å². The molecule has 152 valence electrons. The highest BCUT2D eigenvalue weighted by Crippen LogP contribution is 2.23. The number of nitrogens with zero attached hydrogens (tertiary/aromatic N) is 6. The number of hydrogen-bond donors (Lipinski definition) is 2. The Bertz CT molecular complexity index is 1120. The van der Waals surface area contributed by atoms with Crippen molar-refractivity contribution in [1.29, 1.82) is 0 Å². The lowest BCUT2D eigenvalue weighted by atomic mass is 10.0. The standard InChI is InChI=1S/C21H22N8O/c1-13-16(6-11-29(3)15-4-7-22-8-5-15)14(2)25-18(13)12-17-19(26-28-21(17)30)20-23-9-10-24-27-20/h4-5,7-10,12,25H,6,11H2,1-3H3,(H,28,30)/b17-12+. The molecule has 0 unspecified atom stereocenters. The largest absolute Gasteiger partial charge is 0.374 e. The fraction of sp³-hybridized carbons (Fsp3) is 0.238. The Labute approximate surface area is 174 Å². The van der Waals surface area contributed by atoms with Crippen molar-refractivity contribution in [2.24, 2.45) is 5.10 Å². The van der Waals surface area contributed by atoms with E-state index in [0.717, 1.165) is 35.6 Å². The Balaban J connectivity index is 1.57. The van der Waals surface area contributed by atoms with Gasteiger partial charge in [-0.15, -0.1) is 5.10 Å². The molecule has 0 atom stereocenters. The van der Waals surface area contributed by atoms with E-state index in [1.807, 2.05) is 19.1 Å². The van der Waals surface area contributed by atoms with Crippen LogP contribution in [0.15, 0.2) is 47.6 Å². The maximum absolute atomic E-state index is 12.3. The number of hydrogen-bond acceptors (Lipinski definition) is 7. The molecule has 3 aromatic heterocycles. The van der Waals surface area contributed by atoms with Crippen molar-refractivity contribution in [1.82, 2.24) is 30.6 Å². The number of amides is 1. The average Bonchev–Trinajstić information content (AvgIpc) is 3.27. The second kappa shape index (κ2) is 8.24. The summed E-state index contributed by atoms with van der Waals surface area (Å²) in [6.45, 7) is 4.96. The van der Waals surface area contributed by atoms with E-state index in [2.05, 4.69) is 54.5 Å². The third-order valence-electron chi connectivity index (χ3n) is 5.18. The van der Waals surface area contributed by atoms with E-state index in [1.165, 1.54) is 18.0 Å². The normalized spacial score (nSPS) is 14.7. The molecular formula is C21H22N8O. The van der Waals surface area contributed by atoms with Crippen LogP contribution >= 0.6 is 0 Å². The molecule has 1 aliphatic rings. The number of pyridine rings is 1. The first-order valence-electron chi connectivity index (χ1n) is 9.58. The summed E-state index contributed by atoms with van der Waals surface area (Å²) >= 11 is 0. The number of carbonyl (C=O) groups is 1. The number of aromatic nitrogens is 5. The molecule has 1 amide bonds. The molecule has 4 rings (SSSR count). The molecule has 0 saturated heterocycles. The molecule has 0 radical (unpaired) electrons. The summed E-state index contributed by atoms with van der Waals surface area (Å²) in [5.74, 6) is 0.0188. The lowest BCUT2D eigenvalue weighted by Crippen LogP contribution is -2.20. The minimum absolute atomic E-state index is 0.289. The zero-order valence-corrected chi connectivity index (χ0v) is 17.0. The Morgan fingerprint density at radius 1 is 1.13 bits per heavy atom. The van der Waals surface area contributed by atoms with Crippen LogP contribution in [0.25, 0.3) is 6.08 Å². The van der Waals surface area contributed by atoms with Crippen molar-refractivity contribution < 1.29 is 4.79 Å². The van der Waals surface area contributed by atoms with Gasteiger partial charge in [-0.05, 0) is 49.6 Å². The average molecular weight is 402 g/mol. The van der Waals surface area contributed by atoms with Crippen LogP contribution in [-0.4, -0.2) is 50.4 Å². The van der Waals surface area contributed by atoms with Gasteiger partial charge in [0.25, 0.3) is 5.91 Å². The second-order valence-corrected chi connectivity index (χ2v) is 7.07. The van der Waals surface area contributed by atoms with Crippen LogP contribution in [0, 0.1) is 13.8 Å². The number of carbonyl (C=O) groups excluding carboxylic acids is 1. The molecule has 1 aliphatic heterocycles. The summed E-state index contributed by atoms with van der Waals surface area (Å²) in [7, 11) is 2.06. The molecule has 0 spiro atoms. The van der Waals surface area contributed by atoms with Gasteiger partial charge in [-0.1, -0.05) is 0 Å². The van der Waals surface area contributed by atoms with Gasteiger partial charge in [0.1, 0.15) is 5.71 Å². The van der Waals surface area contributed by atoms with Gasteiger partial charge in [0, 0.05) is 49.3 Å². The van der Waals surface area contributed by atoms with Gasteiger partial charge in [0.15, 0.2) is 0 Å². The van der Waals surface area contributed by atoms with Gasteiger partial charge in [-0.2, -0.15) is 10.2 Å². The van der Waals surface area contributed by atoms with Crippen LogP contribution in [-0.2, 0) is 11.2 Å². The number of nitrogens with one attached hydrogen (secondary N) is 2. The maximum atomic E-state index is 12.3. The number of aryl methyl sites for hydroxylation is 1. The molecule has 9 heteroatoms. The first-order valence-corrected chi connectivity index (χ1v) is 9.58. The van der Waals surface area contributed by atoms with Gasteiger partial charge in [-0.25, -0.2) is 10.4 Å². The minimum atomic E-state index is -0.289. The Hall–Kier alpha value is -3.88. The third-order valence-corrected chi connectivity index (χ3v) is 5.18. The van der Waals surface area contributed by atoms with Crippen LogP contribution in [0.1, 0.15) is 28.3 Å².